The maximum absolute atomic E-state index is 5.55. The summed E-state index contributed by atoms with van der Waals surface area (Å²) >= 11 is 0. The first-order valence-electron chi connectivity index (χ1n) is 6.35. The molecule has 1 heterocycles. The molecule has 0 aliphatic carbocycles. The Kier molecular flexibility index (Phi) is 4.86. The van der Waals surface area contributed by atoms with Crippen molar-refractivity contribution in [3.63, 3.8) is 0 Å². The molecule has 4 heteroatoms. The van der Waals surface area contributed by atoms with Gasteiger partial charge >= 0.3 is 0 Å². The SMILES string of the molecule is CCOc1cc(CNCc2ccoc2)ccc1OC. The standard InChI is InChI=1S/C15H19NO3/c1-3-19-15-8-12(4-5-14(15)17-2)9-16-10-13-6-7-18-11-13/h4-8,11,16H,3,9-10H2,1-2H3. The van der Waals surface area contributed by atoms with Crippen LogP contribution in [0.4, 0.5) is 0 Å². The van der Waals surface area contributed by atoms with E-state index in [0.29, 0.717) is 6.61 Å². The van der Waals surface area contributed by atoms with Gasteiger partial charge in [-0.15, -0.1) is 0 Å². The van der Waals surface area contributed by atoms with Crippen LogP contribution >= 0.6 is 0 Å². The summed E-state index contributed by atoms with van der Waals surface area (Å²) in [7, 11) is 1.65. The molecule has 0 saturated heterocycles. The monoisotopic (exact) mass is 261 g/mol. The van der Waals surface area contributed by atoms with Gasteiger partial charge in [0.2, 0.25) is 0 Å². The minimum Gasteiger partial charge on any atom is -0.493 e. The second-order valence-electron chi connectivity index (χ2n) is 4.15. The quantitative estimate of drug-likeness (QED) is 0.832. The van der Waals surface area contributed by atoms with E-state index in [1.165, 1.54) is 0 Å². The second-order valence-corrected chi connectivity index (χ2v) is 4.15. The fourth-order valence-electron chi connectivity index (χ4n) is 1.84. The number of furan rings is 1. The van der Waals surface area contributed by atoms with Gasteiger partial charge in [-0.2, -0.15) is 0 Å². The van der Waals surface area contributed by atoms with Crippen LogP contribution in [-0.2, 0) is 13.1 Å². The lowest BCUT2D eigenvalue weighted by molar-refractivity contribution is 0.310. The molecule has 2 rings (SSSR count). The Labute approximate surface area is 113 Å². The Morgan fingerprint density at radius 2 is 1.95 bits per heavy atom. The number of methoxy groups -OCH3 is 1. The van der Waals surface area contributed by atoms with Crippen LogP contribution in [0.3, 0.4) is 0 Å². The zero-order chi connectivity index (χ0) is 13.5. The number of nitrogens with one attached hydrogen (secondary N) is 1. The van der Waals surface area contributed by atoms with Gasteiger partial charge in [-0.1, -0.05) is 6.07 Å². The Hall–Kier alpha value is -1.94. The first-order chi connectivity index (χ1) is 9.33. The molecule has 19 heavy (non-hydrogen) atoms. The number of benzene rings is 1. The maximum Gasteiger partial charge on any atom is 0.161 e. The molecular weight excluding hydrogens is 242 g/mol. The number of hydrogen-bond acceptors (Lipinski definition) is 4. The normalized spacial score (nSPS) is 10.4. The van der Waals surface area contributed by atoms with Gasteiger partial charge in [0, 0.05) is 18.7 Å². The zero-order valence-electron chi connectivity index (χ0n) is 11.3. The Balaban J connectivity index is 1.94. The number of rotatable bonds is 7. The van der Waals surface area contributed by atoms with E-state index < -0.39 is 0 Å². The van der Waals surface area contributed by atoms with Crippen molar-refractivity contribution in [2.75, 3.05) is 13.7 Å². The molecular formula is C15H19NO3. The van der Waals surface area contributed by atoms with Crippen LogP contribution in [0.2, 0.25) is 0 Å². The third-order valence-corrected chi connectivity index (χ3v) is 2.77. The molecule has 102 valence electrons. The number of ether oxygens (including phenoxy) is 2. The highest BCUT2D eigenvalue weighted by Gasteiger charge is 2.05. The smallest absolute Gasteiger partial charge is 0.161 e. The molecule has 0 aliphatic heterocycles. The molecule has 0 amide bonds. The first kappa shape index (κ1) is 13.5. The molecule has 1 aromatic heterocycles. The Morgan fingerprint density at radius 1 is 1.11 bits per heavy atom. The third kappa shape index (κ3) is 3.76. The van der Waals surface area contributed by atoms with Gasteiger partial charge in [0.1, 0.15) is 0 Å². The average Bonchev–Trinajstić information content (AvgIpc) is 2.93. The van der Waals surface area contributed by atoms with Crippen molar-refractivity contribution >= 4 is 0 Å². The second kappa shape index (κ2) is 6.85. The predicted octanol–water partition coefficient (Wildman–Crippen LogP) is 2.98. The minimum atomic E-state index is 0.627. The van der Waals surface area contributed by atoms with E-state index >= 15 is 0 Å². The summed E-state index contributed by atoms with van der Waals surface area (Å²) in [5.41, 5.74) is 2.30. The Morgan fingerprint density at radius 3 is 2.63 bits per heavy atom. The van der Waals surface area contributed by atoms with Gasteiger partial charge in [-0.3, -0.25) is 0 Å². The molecule has 0 fully saturated rings. The van der Waals surface area contributed by atoms with E-state index in [4.69, 9.17) is 13.9 Å². The lowest BCUT2D eigenvalue weighted by Gasteiger charge is -2.11. The van der Waals surface area contributed by atoms with E-state index in [9.17, 15) is 0 Å². The summed E-state index contributed by atoms with van der Waals surface area (Å²) in [5.74, 6) is 1.55. The van der Waals surface area contributed by atoms with Gasteiger partial charge in [-0.25, -0.2) is 0 Å². The highest BCUT2D eigenvalue weighted by Crippen LogP contribution is 2.27. The fourth-order valence-corrected chi connectivity index (χ4v) is 1.84. The van der Waals surface area contributed by atoms with E-state index in [1.807, 2.05) is 31.2 Å². The van der Waals surface area contributed by atoms with Gasteiger partial charge in [0.05, 0.1) is 26.2 Å². The van der Waals surface area contributed by atoms with Crippen LogP contribution in [0.1, 0.15) is 18.1 Å². The van der Waals surface area contributed by atoms with Crippen LogP contribution in [0, 0.1) is 0 Å². The molecule has 0 spiro atoms. The van der Waals surface area contributed by atoms with Crippen molar-refractivity contribution in [3.8, 4) is 11.5 Å². The van der Waals surface area contributed by atoms with Crippen molar-refractivity contribution in [2.45, 2.75) is 20.0 Å². The van der Waals surface area contributed by atoms with Crippen LogP contribution < -0.4 is 14.8 Å². The molecule has 0 saturated carbocycles. The van der Waals surface area contributed by atoms with Gasteiger partial charge in [0.15, 0.2) is 11.5 Å². The van der Waals surface area contributed by atoms with Crippen LogP contribution in [0.15, 0.2) is 41.2 Å². The summed E-state index contributed by atoms with van der Waals surface area (Å²) in [4.78, 5) is 0. The zero-order valence-corrected chi connectivity index (χ0v) is 11.3. The van der Waals surface area contributed by atoms with Crippen molar-refractivity contribution in [3.05, 3.63) is 47.9 Å². The molecule has 0 atom stereocenters. The summed E-state index contributed by atoms with van der Waals surface area (Å²) in [5, 5.41) is 3.35. The predicted molar refractivity (Wildman–Crippen MR) is 73.4 cm³/mol. The molecule has 1 N–H and O–H groups in total. The lowest BCUT2D eigenvalue weighted by Crippen LogP contribution is -2.12. The van der Waals surface area contributed by atoms with Crippen LogP contribution in [-0.4, -0.2) is 13.7 Å². The number of hydrogen-bond donors (Lipinski definition) is 1. The van der Waals surface area contributed by atoms with Crippen molar-refractivity contribution in [1.29, 1.82) is 0 Å². The van der Waals surface area contributed by atoms with Crippen molar-refractivity contribution in [1.82, 2.24) is 5.32 Å². The topological polar surface area (TPSA) is 43.6 Å². The largest absolute Gasteiger partial charge is 0.493 e. The van der Waals surface area contributed by atoms with Gasteiger partial charge in [-0.05, 0) is 30.7 Å². The minimum absolute atomic E-state index is 0.627. The summed E-state index contributed by atoms with van der Waals surface area (Å²) in [6.07, 6.45) is 3.42. The molecule has 0 aliphatic rings. The van der Waals surface area contributed by atoms with E-state index in [1.54, 1.807) is 19.6 Å². The van der Waals surface area contributed by atoms with Gasteiger partial charge in [0.25, 0.3) is 0 Å². The first-order valence-corrected chi connectivity index (χ1v) is 6.35. The summed E-state index contributed by atoms with van der Waals surface area (Å²) in [6, 6.07) is 7.92. The molecule has 0 unspecified atom stereocenters. The van der Waals surface area contributed by atoms with E-state index in [-0.39, 0.29) is 0 Å². The van der Waals surface area contributed by atoms with Crippen LogP contribution in [0.5, 0.6) is 11.5 Å². The average molecular weight is 261 g/mol. The summed E-state index contributed by atoms with van der Waals surface area (Å²) in [6.45, 7) is 4.15. The van der Waals surface area contributed by atoms with E-state index in [2.05, 4.69) is 5.32 Å². The highest BCUT2D eigenvalue weighted by atomic mass is 16.5. The fraction of sp³-hybridized carbons (Fsp3) is 0.333. The molecule has 4 nitrogen and oxygen atoms in total. The van der Waals surface area contributed by atoms with Crippen molar-refractivity contribution in [2.24, 2.45) is 0 Å². The summed E-state index contributed by atoms with van der Waals surface area (Å²) < 4.78 is 15.8. The lowest BCUT2D eigenvalue weighted by atomic mass is 10.2. The molecule has 0 radical (unpaired) electrons. The van der Waals surface area contributed by atoms with Crippen LogP contribution in [0.25, 0.3) is 0 Å². The van der Waals surface area contributed by atoms with E-state index in [0.717, 1.165) is 35.7 Å². The van der Waals surface area contributed by atoms with Crippen molar-refractivity contribution < 1.29 is 13.9 Å². The molecule has 1 aromatic carbocycles. The highest BCUT2D eigenvalue weighted by molar-refractivity contribution is 5.42. The maximum atomic E-state index is 5.55. The molecule has 2 aromatic rings. The third-order valence-electron chi connectivity index (χ3n) is 2.77. The molecule has 0 bridgehead atoms. The van der Waals surface area contributed by atoms with Gasteiger partial charge < -0.3 is 19.2 Å². The Bertz CT molecular complexity index is 494.